The third-order valence-corrected chi connectivity index (χ3v) is 4.86. The summed E-state index contributed by atoms with van der Waals surface area (Å²) in [5.74, 6) is -1.16. The van der Waals surface area contributed by atoms with E-state index in [4.69, 9.17) is 5.11 Å². The third-order valence-electron chi connectivity index (χ3n) is 2.27. The zero-order chi connectivity index (χ0) is 12.4. The topological polar surface area (TPSA) is 50.2 Å². The van der Waals surface area contributed by atoms with Crippen molar-refractivity contribution in [3.05, 3.63) is 26.3 Å². The molecule has 0 saturated heterocycles. The van der Waals surface area contributed by atoms with Gasteiger partial charge in [-0.2, -0.15) is 0 Å². The summed E-state index contributed by atoms with van der Waals surface area (Å²) < 4.78 is 1.05. The minimum Gasteiger partial charge on any atom is -0.481 e. The largest absolute Gasteiger partial charge is 0.481 e. The van der Waals surface area contributed by atoms with Crippen molar-refractivity contribution in [3.8, 4) is 10.6 Å². The molecule has 0 radical (unpaired) electrons. The predicted octanol–water partition coefficient (Wildman–Crippen LogP) is 3.90. The number of rotatable bonds is 4. The first kappa shape index (κ1) is 12.7. The van der Waals surface area contributed by atoms with Gasteiger partial charge in [0, 0.05) is 21.7 Å². The van der Waals surface area contributed by atoms with Gasteiger partial charge in [0.05, 0.1) is 21.5 Å². The molecule has 3 nitrogen and oxygen atoms in total. The van der Waals surface area contributed by atoms with Gasteiger partial charge in [-0.3, -0.25) is 4.79 Å². The van der Waals surface area contributed by atoms with E-state index in [0.29, 0.717) is 6.42 Å². The average Bonchev–Trinajstić information content (AvgIpc) is 2.86. The molecule has 0 aliphatic rings. The Morgan fingerprint density at radius 3 is 2.88 bits per heavy atom. The standard InChI is InChI=1S/C11H10BrNO2S2/c1-6(11(14)15)2-10-13-8(5-17-10)9-3-7(12)4-16-9/h3-6H,2H2,1H3,(H,14,15). The van der Waals surface area contributed by atoms with Crippen LogP contribution < -0.4 is 0 Å². The van der Waals surface area contributed by atoms with Crippen molar-refractivity contribution >= 4 is 44.6 Å². The Hall–Kier alpha value is -0.720. The summed E-state index contributed by atoms with van der Waals surface area (Å²) in [7, 11) is 0. The number of aromatic nitrogens is 1. The number of nitrogens with zero attached hydrogens (tertiary/aromatic N) is 1. The molecule has 2 rings (SSSR count). The number of hydrogen-bond acceptors (Lipinski definition) is 4. The molecule has 0 amide bonds. The molecule has 1 unspecified atom stereocenters. The van der Waals surface area contributed by atoms with Crippen molar-refractivity contribution in [3.63, 3.8) is 0 Å². The summed E-state index contributed by atoms with van der Waals surface area (Å²) in [5, 5.41) is 13.7. The lowest BCUT2D eigenvalue weighted by molar-refractivity contribution is -0.141. The minimum absolute atomic E-state index is 0.385. The summed E-state index contributed by atoms with van der Waals surface area (Å²) in [6, 6.07) is 2.02. The van der Waals surface area contributed by atoms with Crippen LogP contribution in [0.2, 0.25) is 0 Å². The quantitative estimate of drug-likeness (QED) is 0.924. The molecule has 0 spiro atoms. The van der Waals surface area contributed by atoms with Gasteiger partial charge in [-0.05, 0) is 22.0 Å². The number of thiophene rings is 1. The van der Waals surface area contributed by atoms with Gasteiger partial charge in [-0.15, -0.1) is 22.7 Å². The van der Waals surface area contributed by atoms with Gasteiger partial charge >= 0.3 is 5.97 Å². The molecule has 0 aliphatic carbocycles. The van der Waals surface area contributed by atoms with Crippen LogP contribution in [0.25, 0.3) is 10.6 Å². The average molecular weight is 332 g/mol. The number of carboxylic acids is 1. The van der Waals surface area contributed by atoms with Gasteiger partial charge in [0.2, 0.25) is 0 Å². The second-order valence-corrected chi connectivity index (χ2v) is 6.47. The number of halogens is 1. The fraction of sp³-hybridized carbons (Fsp3) is 0.273. The number of carboxylic acid groups (broad SMARTS) is 1. The summed E-state index contributed by atoms with van der Waals surface area (Å²) in [6.45, 7) is 1.70. The highest BCUT2D eigenvalue weighted by atomic mass is 79.9. The van der Waals surface area contributed by atoms with E-state index in [9.17, 15) is 4.79 Å². The van der Waals surface area contributed by atoms with Crippen LogP contribution in [0.1, 0.15) is 11.9 Å². The van der Waals surface area contributed by atoms with E-state index < -0.39 is 5.97 Å². The molecular formula is C11H10BrNO2S2. The van der Waals surface area contributed by atoms with Crippen LogP contribution in [-0.2, 0) is 11.2 Å². The second kappa shape index (κ2) is 5.29. The van der Waals surface area contributed by atoms with Crippen LogP contribution in [0.15, 0.2) is 21.3 Å². The van der Waals surface area contributed by atoms with E-state index in [1.807, 2.05) is 16.8 Å². The van der Waals surface area contributed by atoms with Gasteiger partial charge in [-0.1, -0.05) is 6.92 Å². The molecular weight excluding hydrogens is 322 g/mol. The van der Waals surface area contributed by atoms with E-state index in [1.54, 1.807) is 18.3 Å². The van der Waals surface area contributed by atoms with Gasteiger partial charge in [-0.25, -0.2) is 4.98 Å². The predicted molar refractivity (Wildman–Crippen MR) is 73.6 cm³/mol. The first-order valence-electron chi connectivity index (χ1n) is 4.98. The summed E-state index contributed by atoms with van der Waals surface area (Å²) in [4.78, 5) is 16.3. The fourth-order valence-corrected chi connectivity index (χ4v) is 3.70. The molecule has 1 atom stereocenters. The van der Waals surface area contributed by atoms with E-state index in [1.165, 1.54) is 11.3 Å². The fourth-order valence-electron chi connectivity index (χ4n) is 1.31. The molecule has 17 heavy (non-hydrogen) atoms. The van der Waals surface area contributed by atoms with Gasteiger partial charge in [0.15, 0.2) is 0 Å². The maximum absolute atomic E-state index is 10.8. The van der Waals surface area contributed by atoms with E-state index in [0.717, 1.165) is 20.1 Å². The molecule has 0 saturated carbocycles. The highest BCUT2D eigenvalue weighted by molar-refractivity contribution is 9.10. The Morgan fingerprint density at radius 1 is 1.53 bits per heavy atom. The van der Waals surface area contributed by atoms with Gasteiger partial charge in [0.1, 0.15) is 0 Å². The van der Waals surface area contributed by atoms with Crippen LogP contribution in [0, 0.1) is 5.92 Å². The van der Waals surface area contributed by atoms with Crippen LogP contribution in [0.4, 0.5) is 0 Å². The van der Waals surface area contributed by atoms with Crippen molar-refractivity contribution < 1.29 is 9.90 Å². The summed E-state index contributed by atoms with van der Waals surface area (Å²) >= 11 is 6.54. The molecule has 0 fully saturated rings. The van der Waals surface area contributed by atoms with Gasteiger partial charge in [0.25, 0.3) is 0 Å². The smallest absolute Gasteiger partial charge is 0.306 e. The van der Waals surface area contributed by atoms with Crippen molar-refractivity contribution in [2.24, 2.45) is 5.92 Å². The molecule has 2 aromatic heterocycles. The highest BCUT2D eigenvalue weighted by Gasteiger charge is 2.14. The van der Waals surface area contributed by atoms with Crippen LogP contribution >= 0.6 is 38.6 Å². The van der Waals surface area contributed by atoms with Crippen molar-refractivity contribution in [2.75, 3.05) is 0 Å². The molecule has 0 aromatic carbocycles. The lowest BCUT2D eigenvalue weighted by Crippen LogP contribution is -2.11. The van der Waals surface area contributed by atoms with Crippen molar-refractivity contribution in [2.45, 2.75) is 13.3 Å². The minimum atomic E-state index is -0.777. The Bertz CT molecular complexity index is 535. The molecule has 2 aromatic rings. The van der Waals surface area contributed by atoms with Crippen LogP contribution in [-0.4, -0.2) is 16.1 Å². The maximum Gasteiger partial charge on any atom is 0.306 e. The molecule has 1 N–H and O–H groups in total. The molecule has 0 bridgehead atoms. The van der Waals surface area contributed by atoms with Crippen molar-refractivity contribution in [1.29, 1.82) is 0 Å². The summed E-state index contributed by atoms with van der Waals surface area (Å²) in [5.41, 5.74) is 0.929. The van der Waals surface area contributed by atoms with E-state index in [-0.39, 0.29) is 5.92 Å². The molecule has 2 heterocycles. The van der Waals surface area contributed by atoms with Crippen molar-refractivity contribution in [1.82, 2.24) is 4.98 Å². The van der Waals surface area contributed by atoms with Crippen LogP contribution in [0.5, 0.6) is 0 Å². The zero-order valence-corrected chi connectivity index (χ0v) is 12.2. The number of aliphatic carboxylic acids is 1. The first-order valence-corrected chi connectivity index (χ1v) is 7.53. The van der Waals surface area contributed by atoms with Gasteiger partial charge < -0.3 is 5.11 Å². The second-order valence-electron chi connectivity index (χ2n) is 3.70. The number of thiazole rings is 1. The third kappa shape index (κ3) is 3.14. The van der Waals surface area contributed by atoms with E-state index >= 15 is 0 Å². The first-order chi connectivity index (χ1) is 8.06. The molecule has 90 valence electrons. The Balaban J connectivity index is 2.13. The number of hydrogen-bond donors (Lipinski definition) is 1. The Kier molecular flexibility index (Phi) is 3.96. The summed E-state index contributed by atoms with van der Waals surface area (Å²) in [6.07, 6.45) is 0.493. The highest BCUT2D eigenvalue weighted by Crippen LogP contribution is 2.31. The Morgan fingerprint density at radius 2 is 2.29 bits per heavy atom. The van der Waals surface area contributed by atoms with Crippen LogP contribution in [0.3, 0.4) is 0 Å². The monoisotopic (exact) mass is 331 g/mol. The molecule has 6 heteroatoms. The zero-order valence-electron chi connectivity index (χ0n) is 9.01. The Labute approximate surface area is 115 Å². The molecule has 0 aliphatic heterocycles. The van der Waals surface area contributed by atoms with E-state index in [2.05, 4.69) is 20.9 Å². The lowest BCUT2D eigenvalue weighted by atomic mass is 10.1. The SMILES string of the molecule is CC(Cc1nc(-c2cc(Br)cs2)cs1)C(=O)O. The number of carbonyl (C=O) groups is 1. The normalized spacial score (nSPS) is 12.6. The lowest BCUT2D eigenvalue weighted by Gasteiger charge is -2.01. The maximum atomic E-state index is 10.8.